The third-order valence-corrected chi connectivity index (χ3v) is 3.22. The molecule has 0 aliphatic rings. The van der Waals surface area contributed by atoms with Crippen molar-refractivity contribution in [2.24, 2.45) is 0 Å². The van der Waals surface area contributed by atoms with Gasteiger partial charge in [0.2, 0.25) is 0 Å². The monoisotopic (exact) mass is 343 g/mol. The van der Waals surface area contributed by atoms with Crippen molar-refractivity contribution in [3.8, 4) is 0 Å². The average molecular weight is 344 g/mol. The van der Waals surface area contributed by atoms with Gasteiger partial charge < -0.3 is 10.6 Å². The maximum absolute atomic E-state index is 13.1. The van der Waals surface area contributed by atoms with E-state index in [2.05, 4.69) is 15.6 Å². The van der Waals surface area contributed by atoms with Gasteiger partial charge in [0, 0.05) is 17.4 Å². The summed E-state index contributed by atoms with van der Waals surface area (Å²) in [6, 6.07) is 7.39. The molecule has 8 heteroatoms. The van der Waals surface area contributed by atoms with Crippen LogP contribution in [-0.4, -0.2) is 24.4 Å². The Kier molecular flexibility index (Phi) is 5.23. The number of pyridine rings is 1. The summed E-state index contributed by atoms with van der Waals surface area (Å²) in [7, 11) is 1.61. The van der Waals surface area contributed by atoms with Crippen molar-refractivity contribution in [3.63, 3.8) is 0 Å². The number of anilines is 2. The van der Waals surface area contributed by atoms with Crippen molar-refractivity contribution in [1.82, 2.24) is 10.3 Å². The van der Waals surface area contributed by atoms with E-state index in [-0.39, 0.29) is 34.4 Å². The van der Waals surface area contributed by atoms with Gasteiger partial charge in [0.15, 0.2) is 5.78 Å². The Labute approximate surface area is 135 Å². The normalized spacial score (nSPS) is 11.3. The van der Waals surface area contributed by atoms with E-state index in [1.54, 1.807) is 19.2 Å². The zero-order valence-corrected chi connectivity index (χ0v) is 12.8. The molecule has 0 saturated heterocycles. The number of para-hydroxylation sites is 1. The van der Waals surface area contributed by atoms with Crippen molar-refractivity contribution in [1.29, 1.82) is 0 Å². The van der Waals surface area contributed by atoms with Crippen molar-refractivity contribution >= 4 is 28.8 Å². The first-order chi connectivity index (χ1) is 10.8. The van der Waals surface area contributed by atoms with E-state index in [0.29, 0.717) is 6.20 Å². The van der Waals surface area contributed by atoms with E-state index in [1.165, 1.54) is 12.1 Å². The van der Waals surface area contributed by atoms with Crippen molar-refractivity contribution in [2.75, 3.05) is 18.9 Å². The highest BCUT2D eigenvalue weighted by atomic mass is 35.5. The Morgan fingerprint density at radius 2 is 1.96 bits per heavy atom. The lowest BCUT2D eigenvalue weighted by atomic mass is 10.1. The quantitative estimate of drug-likeness (QED) is 0.638. The number of likely N-dealkylation sites (N-methyl/N-ethyl adjacent to an activating group) is 1. The molecule has 1 aromatic carbocycles. The van der Waals surface area contributed by atoms with Gasteiger partial charge in [-0.2, -0.15) is 13.2 Å². The summed E-state index contributed by atoms with van der Waals surface area (Å²) in [5.41, 5.74) is -0.677. The molecule has 1 heterocycles. The molecule has 23 heavy (non-hydrogen) atoms. The van der Waals surface area contributed by atoms with E-state index in [1.807, 2.05) is 0 Å². The SMILES string of the molecule is CNCC(=O)c1ccccc1Nc1cc(Cl)ncc1C(F)(F)F. The Morgan fingerprint density at radius 3 is 2.61 bits per heavy atom. The van der Waals surface area contributed by atoms with Crippen LogP contribution < -0.4 is 10.6 Å². The summed E-state index contributed by atoms with van der Waals surface area (Å²) in [5, 5.41) is 5.26. The number of halogens is 4. The first-order valence-electron chi connectivity index (χ1n) is 6.59. The molecule has 0 aliphatic heterocycles. The molecular weight excluding hydrogens is 331 g/mol. The van der Waals surface area contributed by atoms with Crippen LogP contribution in [0.5, 0.6) is 0 Å². The largest absolute Gasteiger partial charge is 0.419 e. The number of nitrogens with zero attached hydrogens (tertiary/aromatic N) is 1. The highest BCUT2D eigenvalue weighted by Gasteiger charge is 2.34. The molecule has 0 radical (unpaired) electrons. The van der Waals surface area contributed by atoms with Gasteiger partial charge in [-0.3, -0.25) is 4.79 Å². The molecule has 0 fully saturated rings. The van der Waals surface area contributed by atoms with Gasteiger partial charge in [-0.15, -0.1) is 0 Å². The smallest absolute Gasteiger partial charge is 0.354 e. The third-order valence-electron chi connectivity index (χ3n) is 3.01. The number of hydrogen-bond acceptors (Lipinski definition) is 4. The standard InChI is InChI=1S/C15H13ClF3N3O/c1-20-8-13(23)9-4-2-3-5-11(9)22-12-6-14(16)21-7-10(12)15(17,18)19/h2-7,20H,8H2,1H3,(H,21,22). The first kappa shape index (κ1) is 17.2. The first-order valence-corrected chi connectivity index (χ1v) is 6.97. The van der Waals surface area contributed by atoms with Crippen LogP contribution in [0, 0.1) is 0 Å². The van der Waals surface area contributed by atoms with Gasteiger partial charge in [-0.25, -0.2) is 4.98 Å². The molecule has 4 nitrogen and oxygen atoms in total. The van der Waals surface area contributed by atoms with Crippen LogP contribution in [0.15, 0.2) is 36.5 Å². The maximum Gasteiger partial charge on any atom is 0.419 e. The number of benzene rings is 1. The lowest BCUT2D eigenvalue weighted by molar-refractivity contribution is -0.137. The van der Waals surface area contributed by atoms with Gasteiger partial charge in [0.05, 0.1) is 17.8 Å². The van der Waals surface area contributed by atoms with Gasteiger partial charge in [-0.05, 0) is 25.2 Å². The lowest BCUT2D eigenvalue weighted by Crippen LogP contribution is -2.19. The van der Waals surface area contributed by atoms with Crippen LogP contribution in [0.4, 0.5) is 24.5 Å². The highest BCUT2D eigenvalue weighted by Crippen LogP contribution is 2.37. The van der Waals surface area contributed by atoms with Crippen molar-refractivity contribution in [2.45, 2.75) is 6.18 Å². The van der Waals surface area contributed by atoms with Crippen molar-refractivity contribution < 1.29 is 18.0 Å². The molecule has 0 bridgehead atoms. The fourth-order valence-corrected chi connectivity index (χ4v) is 2.15. The van der Waals surface area contributed by atoms with E-state index in [0.717, 1.165) is 6.07 Å². The van der Waals surface area contributed by atoms with Crippen LogP contribution in [-0.2, 0) is 6.18 Å². The second-order valence-electron chi connectivity index (χ2n) is 4.67. The molecule has 2 N–H and O–H groups in total. The predicted molar refractivity (Wildman–Crippen MR) is 82.2 cm³/mol. The number of alkyl halides is 3. The van der Waals surface area contributed by atoms with E-state index in [4.69, 9.17) is 11.6 Å². The van der Waals surface area contributed by atoms with Gasteiger partial charge in [0.25, 0.3) is 0 Å². The second-order valence-corrected chi connectivity index (χ2v) is 5.06. The Morgan fingerprint density at radius 1 is 1.26 bits per heavy atom. The summed E-state index contributed by atoms with van der Waals surface area (Å²) >= 11 is 5.69. The average Bonchev–Trinajstić information content (AvgIpc) is 2.46. The zero-order chi connectivity index (χ0) is 17.0. The van der Waals surface area contributed by atoms with Gasteiger partial charge >= 0.3 is 6.18 Å². The number of rotatable bonds is 5. The number of nitrogens with one attached hydrogen (secondary N) is 2. The Balaban J connectivity index is 2.44. The topological polar surface area (TPSA) is 54.0 Å². The van der Waals surface area contributed by atoms with Gasteiger partial charge in [-0.1, -0.05) is 23.7 Å². The number of Topliss-reactive ketones (excluding diaryl/α,β-unsaturated/α-hetero) is 1. The molecule has 2 aromatic rings. The second kappa shape index (κ2) is 6.97. The van der Waals surface area contributed by atoms with Crippen LogP contribution in [0.2, 0.25) is 5.15 Å². The van der Waals surface area contributed by atoms with Crippen molar-refractivity contribution in [3.05, 3.63) is 52.8 Å². The molecule has 0 aliphatic carbocycles. The van der Waals surface area contributed by atoms with E-state index >= 15 is 0 Å². The maximum atomic E-state index is 13.1. The summed E-state index contributed by atoms with van der Waals surface area (Å²) in [6.45, 7) is 0.0714. The summed E-state index contributed by atoms with van der Waals surface area (Å²) in [6.07, 6.45) is -3.94. The number of carbonyl (C=O) groups excluding carboxylic acids is 1. The van der Waals surface area contributed by atoms with E-state index < -0.39 is 11.7 Å². The molecule has 0 amide bonds. The summed E-state index contributed by atoms with van der Waals surface area (Å²) in [4.78, 5) is 15.5. The fourth-order valence-electron chi connectivity index (χ4n) is 2.00. The number of ketones is 1. The summed E-state index contributed by atoms with van der Waals surface area (Å²) < 4.78 is 39.2. The molecule has 122 valence electrons. The van der Waals surface area contributed by atoms with Crippen LogP contribution >= 0.6 is 11.6 Å². The minimum Gasteiger partial charge on any atom is -0.354 e. The predicted octanol–water partition coefficient (Wildman–Crippen LogP) is 3.90. The zero-order valence-electron chi connectivity index (χ0n) is 12.0. The lowest BCUT2D eigenvalue weighted by Gasteiger charge is -2.16. The van der Waals surface area contributed by atoms with Crippen LogP contribution in [0.25, 0.3) is 0 Å². The van der Waals surface area contributed by atoms with E-state index in [9.17, 15) is 18.0 Å². The molecule has 2 rings (SSSR count). The summed E-state index contributed by atoms with van der Waals surface area (Å²) in [5.74, 6) is -0.246. The van der Waals surface area contributed by atoms with Crippen LogP contribution in [0.3, 0.4) is 0 Å². The molecule has 0 atom stereocenters. The number of carbonyl (C=O) groups is 1. The molecule has 1 aromatic heterocycles. The number of hydrogen-bond donors (Lipinski definition) is 2. The number of aromatic nitrogens is 1. The van der Waals surface area contributed by atoms with Crippen LogP contribution in [0.1, 0.15) is 15.9 Å². The molecule has 0 saturated carbocycles. The Bertz CT molecular complexity index is 719. The Hall–Kier alpha value is -2.12. The minimum absolute atomic E-state index is 0.0714. The fraction of sp³-hybridized carbons (Fsp3) is 0.200. The molecular formula is C15H13ClF3N3O. The molecule has 0 unspecified atom stereocenters. The minimum atomic E-state index is -4.59. The van der Waals surface area contributed by atoms with Gasteiger partial charge in [0.1, 0.15) is 5.15 Å². The third kappa shape index (κ3) is 4.20. The molecule has 0 spiro atoms. The highest BCUT2D eigenvalue weighted by molar-refractivity contribution is 6.29.